The summed E-state index contributed by atoms with van der Waals surface area (Å²) in [5, 5.41) is 12.0. The lowest BCUT2D eigenvalue weighted by molar-refractivity contribution is -0.141. The van der Waals surface area contributed by atoms with Crippen LogP contribution in [0.25, 0.3) is 0 Å². The molecule has 22 heavy (non-hydrogen) atoms. The predicted molar refractivity (Wildman–Crippen MR) is 80.3 cm³/mol. The Morgan fingerprint density at radius 3 is 2.64 bits per heavy atom. The van der Waals surface area contributed by atoms with Gasteiger partial charge in [0.1, 0.15) is 0 Å². The van der Waals surface area contributed by atoms with Crippen molar-refractivity contribution in [2.24, 2.45) is 5.92 Å². The van der Waals surface area contributed by atoms with Crippen LogP contribution in [0.5, 0.6) is 0 Å². The molecule has 0 spiro atoms. The molecule has 1 aromatic heterocycles. The topological polar surface area (TPSA) is 96.4 Å². The minimum atomic E-state index is -0.998. The minimum Gasteiger partial charge on any atom is -0.481 e. The number of carbonyl (C=O) groups is 3. The number of ketones is 1. The molecule has 0 fully saturated rings. The number of carboxylic acids is 1. The van der Waals surface area contributed by atoms with E-state index in [1.165, 1.54) is 0 Å². The van der Waals surface area contributed by atoms with E-state index in [-0.39, 0.29) is 24.5 Å². The van der Waals surface area contributed by atoms with Gasteiger partial charge in [0, 0.05) is 18.4 Å². The number of nitrogens with one attached hydrogen (secondary N) is 1. The van der Waals surface area contributed by atoms with Crippen LogP contribution in [-0.2, 0) is 11.2 Å². The smallest absolute Gasteiger partial charge is 0.307 e. The fourth-order valence-electron chi connectivity index (χ4n) is 2.32. The van der Waals surface area contributed by atoms with Crippen LogP contribution in [0.3, 0.4) is 0 Å². The van der Waals surface area contributed by atoms with Gasteiger partial charge in [0.25, 0.3) is 5.91 Å². The summed E-state index contributed by atoms with van der Waals surface area (Å²) >= 11 is 1.09. The summed E-state index contributed by atoms with van der Waals surface area (Å²) in [4.78, 5) is 39.7. The van der Waals surface area contributed by atoms with Crippen molar-refractivity contribution in [3.05, 3.63) is 46.5 Å². The molecule has 0 saturated carbocycles. The van der Waals surface area contributed by atoms with Crippen molar-refractivity contribution in [1.29, 1.82) is 0 Å². The number of nitrogens with zero attached hydrogens (tertiary/aromatic N) is 1. The van der Waals surface area contributed by atoms with Gasteiger partial charge >= 0.3 is 5.97 Å². The molecule has 1 unspecified atom stereocenters. The molecule has 3 rings (SSSR count). The third-order valence-corrected chi connectivity index (χ3v) is 4.48. The average molecular weight is 316 g/mol. The maximum atomic E-state index is 12.1. The van der Waals surface area contributed by atoms with Crippen molar-refractivity contribution in [2.75, 3.05) is 5.32 Å². The number of anilines is 1. The Labute approximate surface area is 129 Å². The number of aromatic nitrogens is 1. The number of carboxylic acid groups (broad SMARTS) is 1. The number of thiazole rings is 1. The van der Waals surface area contributed by atoms with Crippen molar-refractivity contribution in [3.63, 3.8) is 0 Å². The molecule has 1 atom stereocenters. The van der Waals surface area contributed by atoms with Gasteiger partial charge in [-0.15, -0.1) is 0 Å². The predicted octanol–water partition coefficient (Wildman–Crippen LogP) is 2.23. The molecule has 0 bridgehead atoms. The fourth-order valence-corrected chi connectivity index (χ4v) is 3.25. The highest BCUT2D eigenvalue weighted by Gasteiger charge is 2.33. The summed E-state index contributed by atoms with van der Waals surface area (Å²) in [5.74, 6) is -2.28. The zero-order valence-electron chi connectivity index (χ0n) is 11.4. The normalized spacial score (nSPS) is 16.9. The van der Waals surface area contributed by atoms with E-state index in [9.17, 15) is 14.4 Å². The number of amides is 1. The summed E-state index contributed by atoms with van der Waals surface area (Å²) in [6, 6.07) is 8.66. The first kappa shape index (κ1) is 14.4. The first-order valence-corrected chi connectivity index (χ1v) is 7.48. The number of hydrogen-bond donors (Lipinski definition) is 2. The van der Waals surface area contributed by atoms with E-state index in [0.717, 1.165) is 11.3 Å². The second-order valence-corrected chi connectivity index (χ2v) is 5.98. The molecule has 1 aliphatic carbocycles. The quantitative estimate of drug-likeness (QED) is 0.905. The second kappa shape index (κ2) is 5.69. The molecule has 1 aliphatic rings. The van der Waals surface area contributed by atoms with Crippen molar-refractivity contribution in [1.82, 2.24) is 4.98 Å². The van der Waals surface area contributed by atoms with Gasteiger partial charge < -0.3 is 5.11 Å². The average Bonchev–Trinajstić information content (AvgIpc) is 2.91. The van der Waals surface area contributed by atoms with E-state index in [0.29, 0.717) is 21.3 Å². The Bertz CT molecular complexity index is 754. The maximum absolute atomic E-state index is 12.1. The van der Waals surface area contributed by atoms with Gasteiger partial charge in [-0.3, -0.25) is 19.7 Å². The van der Waals surface area contributed by atoms with Crippen LogP contribution in [0.4, 0.5) is 5.13 Å². The van der Waals surface area contributed by atoms with Gasteiger partial charge in [0.2, 0.25) is 0 Å². The molecule has 0 aliphatic heterocycles. The van der Waals surface area contributed by atoms with Gasteiger partial charge in [0.05, 0.1) is 16.5 Å². The highest BCUT2D eigenvalue weighted by atomic mass is 32.1. The van der Waals surface area contributed by atoms with E-state index >= 15 is 0 Å². The Morgan fingerprint density at radius 1 is 1.23 bits per heavy atom. The van der Waals surface area contributed by atoms with Gasteiger partial charge in [-0.05, 0) is 12.1 Å². The lowest BCUT2D eigenvalue weighted by atomic mass is 9.90. The van der Waals surface area contributed by atoms with Crippen LogP contribution >= 0.6 is 11.3 Å². The molecular weight excluding hydrogens is 304 g/mol. The van der Waals surface area contributed by atoms with Crippen LogP contribution in [-0.4, -0.2) is 27.8 Å². The Hall–Kier alpha value is -2.54. The molecule has 1 heterocycles. The second-order valence-electron chi connectivity index (χ2n) is 4.98. The number of aliphatic carboxylic acids is 1. The lowest BCUT2D eigenvalue weighted by Crippen LogP contribution is -2.25. The van der Waals surface area contributed by atoms with Crippen molar-refractivity contribution in [3.8, 4) is 0 Å². The Morgan fingerprint density at radius 2 is 1.95 bits per heavy atom. The summed E-state index contributed by atoms with van der Waals surface area (Å²) in [6.45, 7) is 0. The zero-order valence-corrected chi connectivity index (χ0v) is 12.2. The standard InChI is InChI=1S/C15H12N2O4S/c18-11-7-9(14(20)21)6-10-12(11)22-15(16-10)17-13(19)8-4-2-1-3-5-8/h1-5,9H,6-7H2,(H,20,21)(H,16,17,19). The molecule has 2 N–H and O–H groups in total. The van der Waals surface area contributed by atoms with E-state index in [1.807, 2.05) is 6.07 Å². The summed E-state index contributed by atoms with van der Waals surface area (Å²) in [6.07, 6.45) is 0.199. The third kappa shape index (κ3) is 2.75. The van der Waals surface area contributed by atoms with E-state index < -0.39 is 11.9 Å². The molecule has 6 nitrogen and oxygen atoms in total. The summed E-state index contributed by atoms with van der Waals surface area (Å²) in [7, 11) is 0. The highest BCUT2D eigenvalue weighted by molar-refractivity contribution is 7.17. The molecule has 1 amide bonds. The molecule has 0 radical (unpaired) electrons. The summed E-state index contributed by atoms with van der Waals surface area (Å²) < 4.78 is 0. The summed E-state index contributed by atoms with van der Waals surface area (Å²) in [5.41, 5.74) is 0.947. The van der Waals surface area contributed by atoms with Crippen molar-refractivity contribution in [2.45, 2.75) is 12.8 Å². The van der Waals surface area contributed by atoms with Crippen molar-refractivity contribution < 1.29 is 19.5 Å². The lowest BCUT2D eigenvalue weighted by Gasteiger charge is -2.15. The first-order valence-electron chi connectivity index (χ1n) is 6.66. The number of Topliss-reactive ketones (excluding diaryl/α,β-unsaturated/α-hetero) is 1. The largest absolute Gasteiger partial charge is 0.481 e. The van der Waals surface area contributed by atoms with Gasteiger partial charge in [-0.2, -0.15) is 0 Å². The third-order valence-electron chi connectivity index (χ3n) is 3.43. The molecule has 1 aromatic carbocycles. The van der Waals surface area contributed by atoms with Gasteiger partial charge in [-0.25, -0.2) is 4.98 Å². The fraction of sp³-hybridized carbons (Fsp3) is 0.200. The molecule has 2 aromatic rings. The maximum Gasteiger partial charge on any atom is 0.307 e. The first-order chi connectivity index (χ1) is 10.5. The van der Waals surface area contributed by atoms with Gasteiger partial charge in [-0.1, -0.05) is 29.5 Å². The van der Waals surface area contributed by atoms with Gasteiger partial charge in [0.15, 0.2) is 10.9 Å². The van der Waals surface area contributed by atoms with Crippen LogP contribution in [0.15, 0.2) is 30.3 Å². The van der Waals surface area contributed by atoms with Crippen LogP contribution in [0.1, 0.15) is 32.1 Å². The number of benzene rings is 1. The Kier molecular flexibility index (Phi) is 3.72. The number of rotatable bonds is 3. The van der Waals surface area contributed by atoms with Crippen LogP contribution in [0.2, 0.25) is 0 Å². The Balaban J connectivity index is 1.81. The molecule has 112 valence electrons. The zero-order chi connectivity index (χ0) is 15.7. The van der Waals surface area contributed by atoms with E-state index in [2.05, 4.69) is 10.3 Å². The molecule has 7 heteroatoms. The number of carbonyl (C=O) groups excluding carboxylic acids is 2. The number of fused-ring (bicyclic) bond motifs is 1. The highest BCUT2D eigenvalue weighted by Crippen LogP contribution is 2.32. The monoisotopic (exact) mass is 316 g/mol. The SMILES string of the molecule is O=C(Nc1nc2c(s1)C(=O)CC(C(=O)O)C2)c1ccccc1. The van der Waals surface area contributed by atoms with E-state index in [1.54, 1.807) is 24.3 Å². The van der Waals surface area contributed by atoms with E-state index in [4.69, 9.17) is 5.11 Å². The molecule has 0 saturated heterocycles. The van der Waals surface area contributed by atoms with Crippen LogP contribution in [0, 0.1) is 5.92 Å². The van der Waals surface area contributed by atoms with Crippen molar-refractivity contribution >= 4 is 34.1 Å². The minimum absolute atomic E-state index is 0.0173. The number of hydrogen-bond acceptors (Lipinski definition) is 5. The molecular formula is C15H12N2O4S. The van der Waals surface area contributed by atoms with Crippen LogP contribution < -0.4 is 5.32 Å².